The normalized spacial score (nSPS) is 11.1. The molecular formula is C15H20O3. The van der Waals surface area contributed by atoms with Crippen LogP contribution in [0.5, 0.6) is 0 Å². The van der Waals surface area contributed by atoms with E-state index < -0.39 is 5.97 Å². The lowest BCUT2D eigenvalue weighted by Gasteiger charge is -2.19. The predicted molar refractivity (Wildman–Crippen MR) is 70.2 cm³/mol. The lowest BCUT2D eigenvalue weighted by atomic mass is 9.87. The summed E-state index contributed by atoms with van der Waals surface area (Å²) in [4.78, 5) is 21.9. The lowest BCUT2D eigenvalue weighted by Crippen LogP contribution is -2.11. The molecule has 0 aliphatic heterocycles. The number of rotatable bonds is 4. The Balaban J connectivity index is 2.54. The van der Waals surface area contributed by atoms with Crippen molar-refractivity contribution in [1.82, 2.24) is 0 Å². The van der Waals surface area contributed by atoms with Crippen LogP contribution in [0.4, 0.5) is 0 Å². The monoisotopic (exact) mass is 248 g/mol. The number of hydrogen-bond acceptors (Lipinski definition) is 3. The zero-order valence-corrected chi connectivity index (χ0v) is 11.4. The van der Waals surface area contributed by atoms with Crippen LogP contribution >= 0.6 is 0 Å². The van der Waals surface area contributed by atoms with Crippen molar-refractivity contribution in [3.63, 3.8) is 0 Å². The summed E-state index contributed by atoms with van der Waals surface area (Å²) >= 11 is 0. The summed E-state index contributed by atoms with van der Waals surface area (Å²) in [6.45, 7) is 8.04. The summed E-state index contributed by atoms with van der Waals surface area (Å²) in [6, 6.07) is 7.96. The van der Waals surface area contributed by atoms with Crippen molar-refractivity contribution in [1.29, 1.82) is 0 Å². The molecule has 1 aromatic rings. The van der Waals surface area contributed by atoms with Crippen LogP contribution < -0.4 is 0 Å². The van der Waals surface area contributed by atoms with Gasteiger partial charge in [-0.1, -0.05) is 45.0 Å². The summed E-state index contributed by atoms with van der Waals surface area (Å²) in [6.07, 6.45) is -0.153. The molecule has 0 N–H and O–H groups in total. The van der Waals surface area contributed by atoms with Crippen LogP contribution in [0.1, 0.15) is 45.2 Å². The number of esters is 1. The van der Waals surface area contributed by atoms with E-state index in [1.807, 2.05) is 24.3 Å². The average molecular weight is 248 g/mol. The molecule has 0 aromatic heterocycles. The summed E-state index contributed by atoms with van der Waals surface area (Å²) < 4.78 is 5.00. The van der Waals surface area contributed by atoms with Crippen molar-refractivity contribution in [2.24, 2.45) is 0 Å². The third-order valence-corrected chi connectivity index (χ3v) is 2.61. The van der Waals surface area contributed by atoms with E-state index in [9.17, 15) is 9.59 Å². The molecule has 0 atom stereocenters. The van der Waals surface area contributed by atoms with Gasteiger partial charge in [0.1, 0.15) is 18.8 Å². The van der Waals surface area contributed by atoms with Gasteiger partial charge in [0.2, 0.25) is 0 Å². The highest BCUT2D eigenvalue weighted by atomic mass is 16.5. The van der Waals surface area contributed by atoms with Gasteiger partial charge in [-0.05, 0) is 23.5 Å². The zero-order chi connectivity index (χ0) is 13.8. The largest absolute Gasteiger partial charge is 0.460 e. The minimum atomic E-state index is -0.470. The van der Waals surface area contributed by atoms with Gasteiger partial charge in [-0.15, -0.1) is 0 Å². The van der Waals surface area contributed by atoms with E-state index in [1.165, 1.54) is 12.5 Å². The molecule has 1 rings (SSSR count). The molecule has 1 aromatic carbocycles. The Morgan fingerprint density at radius 1 is 1.11 bits per heavy atom. The quantitative estimate of drug-likeness (QED) is 0.607. The number of ether oxygens (including phenoxy) is 1. The highest BCUT2D eigenvalue weighted by Gasteiger charge is 2.13. The van der Waals surface area contributed by atoms with Crippen molar-refractivity contribution >= 4 is 11.8 Å². The number of Topliss-reactive ketones (excluding diaryl/α,β-unsaturated/α-hetero) is 1. The van der Waals surface area contributed by atoms with E-state index in [1.54, 1.807) is 0 Å². The Kier molecular flexibility index (Phi) is 4.65. The Morgan fingerprint density at radius 3 is 2.11 bits per heavy atom. The molecule has 0 saturated heterocycles. The van der Waals surface area contributed by atoms with E-state index >= 15 is 0 Å². The molecule has 0 bridgehead atoms. The van der Waals surface area contributed by atoms with Gasteiger partial charge in [0, 0.05) is 0 Å². The van der Waals surface area contributed by atoms with E-state index in [4.69, 9.17) is 4.74 Å². The molecule has 0 radical (unpaired) electrons. The van der Waals surface area contributed by atoms with Gasteiger partial charge >= 0.3 is 5.97 Å². The molecule has 0 heterocycles. The maximum atomic E-state index is 11.2. The molecule has 98 valence electrons. The van der Waals surface area contributed by atoms with Gasteiger partial charge in [0.05, 0.1) is 0 Å². The second-order valence-corrected chi connectivity index (χ2v) is 5.49. The van der Waals surface area contributed by atoms with Gasteiger partial charge in [-0.2, -0.15) is 0 Å². The van der Waals surface area contributed by atoms with Crippen molar-refractivity contribution < 1.29 is 14.3 Å². The SMILES string of the molecule is CC(=O)CC(=O)OCc1ccc(C(C)(C)C)cc1. The van der Waals surface area contributed by atoms with Gasteiger partial charge in [-0.3, -0.25) is 9.59 Å². The van der Waals surface area contributed by atoms with Crippen molar-refractivity contribution in [2.45, 2.75) is 46.1 Å². The Morgan fingerprint density at radius 2 is 1.67 bits per heavy atom. The fourth-order valence-corrected chi connectivity index (χ4v) is 1.52. The number of benzene rings is 1. The van der Waals surface area contributed by atoms with Crippen LogP contribution in [0.25, 0.3) is 0 Å². The molecule has 0 fully saturated rings. The van der Waals surface area contributed by atoms with Gasteiger partial charge in [0.15, 0.2) is 0 Å². The van der Waals surface area contributed by atoms with E-state index in [0.29, 0.717) is 0 Å². The van der Waals surface area contributed by atoms with Crippen LogP contribution in [0, 0.1) is 0 Å². The van der Waals surface area contributed by atoms with Gasteiger partial charge < -0.3 is 4.74 Å². The molecule has 3 heteroatoms. The van der Waals surface area contributed by atoms with Crippen molar-refractivity contribution in [2.75, 3.05) is 0 Å². The predicted octanol–water partition coefficient (Wildman–Crippen LogP) is 3.01. The Hall–Kier alpha value is -1.64. The molecule has 0 saturated carbocycles. The first-order valence-corrected chi connectivity index (χ1v) is 6.03. The van der Waals surface area contributed by atoms with E-state index in [-0.39, 0.29) is 24.2 Å². The number of hydrogen-bond donors (Lipinski definition) is 0. The zero-order valence-electron chi connectivity index (χ0n) is 11.4. The van der Waals surface area contributed by atoms with E-state index in [2.05, 4.69) is 20.8 Å². The summed E-state index contributed by atoms with van der Waals surface area (Å²) in [5.74, 6) is -0.648. The second kappa shape index (κ2) is 5.80. The summed E-state index contributed by atoms with van der Waals surface area (Å²) in [5, 5.41) is 0. The molecule has 18 heavy (non-hydrogen) atoms. The third kappa shape index (κ3) is 4.70. The molecule has 0 spiro atoms. The smallest absolute Gasteiger partial charge is 0.313 e. The maximum absolute atomic E-state index is 11.2. The highest BCUT2D eigenvalue weighted by Crippen LogP contribution is 2.22. The standard InChI is InChI=1S/C15H20O3/c1-11(16)9-14(17)18-10-12-5-7-13(8-6-12)15(2,3)4/h5-8H,9-10H2,1-4H3. The second-order valence-electron chi connectivity index (χ2n) is 5.49. The first-order chi connectivity index (χ1) is 8.29. The molecular weight excluding hydrogens is 228 g/mol. The van der Waals surface area contributed by atoms with Gasteiger partial charge in [0.25, 0.3) is 0 Å². The number of carbonyl (C=O) groups is 2. The maximum Gasteiger partial charge on any atom is 0.313 e. The van der Waals surface area contributed by atoms with Crippen LogP contribution in [0.3, 0.4) is 0 Å². The first kappa shape index (κ1) is 14.4. The fourth-order valence-electron chi connectivity index (χ4n) is 1.52. The topological polar surface area (TPSA) is 43.4 Å². The molecule has 0 aliphatic rings. The first-order valence-electron chi connectivity index (χ1n) is 6.03. The van der Waals surface area contributed by atoms with Crippen LogP contribution in [-0.2, 0) is 26.3 Å². The van der Waals surface area contributed by atoms with Crippen molar-refractivity contribution in [3.8, 4) is 0 Å². The third-order valence-electron chi connectivity index (χ3n) is 2.61. The van der Waals surface area contributed by atoms with Gasteiger partial charge in [-0.25, -0.2) is 0 Å². The van der Waals surface area contributed by atoms with Crippen LogP contribution in [-0.4, -0.2) is 11.8 Å². The molecule has 0 unspecified atom stereocenters. The average Bonchev–Trinajstić information content (AvgIpc) is 2.25. The minimum Gasteiger partial charge on any atom is -0.460 e. The highest BCUT2D eigenvalue weighted by molar-refractivity contribution is 5.94. The minimum absolute atomic E-state index is 0.115. The van der Waals surface area contributed by atoms with E-state index in [0.717, 1.165) is 5.56 Å². The Labute approximate surface area is 108 Å². The number of ketones is 1. The molecule has 0 aliphatic carbocycles. The lowest BCUT2D eigenvalue weighted by molar-refractivity contribution is -0.146. The molecule has 0 amide bonds. The fraction of sp³-hybridized carbons (Fsp3) is 0.467. The summed E-state index contributed by atoms with van der Waals surface area (Å²) in [5.41, 5.74) is 2.28. The Bertz CT molecular complexity index is 424. The summed E-state index contributed by atoms with van der Waals surface area (Å²) in [7, 11) is 0. The van der Waals surface area contributed by atoms with Crippen LogP contribution in [0.2, 0.25) is 0 Å². The number of carbonyl (C=O) groups excluding carboxylic acids is 2. The molecule has 3 nitrogen and oxygen atoms in total. The van der Waals surface area contributed by atoms with Crippen molar-refractivity contribution in [3.05, 3.63) is 35.4 Å². The van der Waals surface area contributed by atoms with Crippen LogP contribution in [0.15, 0.2) is 24.3 Å².